The highest BCUT2D eigenvalue weighted by molar-refractivity contribution is 6.36. The third kappa shape index (κ3) is 3.80. The van der Waals surface area contributed by atoms with Crippen LogP contribution in [0.15, 0.2) is 54.1 Å². The smallest absolute Gasteiger partial charge is 0.255 e. The summed E-state index contributed by atoms with van der Waals surface area (Å²) >= 11 is 6.31. The standard InChI is InChI=1S/C19H16ClFN2O.C7H9N/c1-10-13-7-14(15(20)8-17(13)23-18(10)24)12-3-2-11(6-16(12)21)19(9-22)4-5-19;1-2-7(8-5-1)6-3-4-6/h2-3,6-8H,1,4-5,9,22H2,(H,23,24);1-2,6H,3-5H2. The summed E-state index contributed by atoms with van der Waals surface area (Å²) in [6.45, 7) is 5.23. The predicted molar refractivity (Wildman–Crippen MR) is 129 cm³/mol. The Morgan fingerprint density at radius 1 is 1.19 bits per heavy atom. The van der Waals surface area contributed by atoms with E-state index < -0.39 is 0 Å². The molecule has 4 aliphatic rings. The Hall–Kier alpha value is -2.76. The lowest BCUT2D eigenvalue weighted by molar-refractivity contribution is -0.110. The first kappa shape index (κ1) is 21.1. The summed E-state index contributed by atoms with van der Waals surface area (Å²) in [6.07, 6.45) is 9.04. The maximum atomic E-state index is 14.7. The zero-order chi connectivity index (χ0) is 22.5. The van der Waals surface area contributed by atoms with E-state index in [0.29, 0.717) is 39.5 Å². The van der Waals surface area contributed by atoms with E-state index in [9.17, 15) is 9.18 Å². The monoisotopic (exact) mass is 449 g/mol. The first-order valence-electron chi connectivity index (χ1n) is 11.0. The van der Waals surface area contributed by atoms with Gasteiger partial charge in [-0.2, -0.15) is 0 Å². The van der Waals surface area contributed by atoms with Gasteiger partial charge in [0.2, 0.25) is 0 Å². The van der Waals surface area contributed by atoms with E-state index in [2.05, 4.69) is 29.0 Å². The lowest BCUT2D eigenvalue weighted by atomic mass is 9.92. The lowest BCUT2D eigenvalue weighted by Crippen LogP contribution is -2.19. The molecule has 0 unspecified atom stereocenters. The largest absolute Gasteiger partial charge is 0.330 e. The summed E-state index contributed by atoms with van der Waals surface area (Å²) < 4.78 is 14.7. The Morgan fingerprint density at radius 3 is 2.56 bits per heavy atom. The number of nitrogens with one attached hydrogen (secondary N) is 1. The van der Waals surface area contributed by atoms with Gasteiger partial charge in [0, 0.05) is 45.9 Å². The summed E-state index contributed by atoms with van der Waals surface area (Å²) in [4.78, 5) is 16.0. The molecule has 2 heterocycles. The van der Waals surface area contributed by atoms with Crippen LogP contribution < -0.4 is 11.1 Å². The van der Waals surface area contributed by atoms with Crippen LogP contribution in [0, 0.1) is 11.7 Å². The average Bonchev–Trinajstić information content (AvgIpc) is 3.71. The number of aliphatic imine (C=N–C) groups is 1. The molecule has 6 rings (SSSR count). The van der Waals surface area contributed by atoms with E-state index in [0.717, 1.165) is 30.9 Å². The van der Waals surface area contributed by atoms with Crippen molar-refractivity contribution < 1.29 is 9.18 Å². The number of rotatable bonds is 4. The molecule has 0 aromatic heterocycles. The Bertz CT molecular complexity index is 1190. The van der Waals surface area contributed by atoms with Gasteiger partial charge in [-0.25, -0.2) is 4.39 Å². The molecular formula is C26H25ClFN3O. The minimum absolute atomic E-state index is 0.0638. The van der Waals surface area contributed by atoms with Crippen LogP contribution in [-0.4, -0.2) is 24.7 Å². The average molecular weight is 450 g/mol. The number of hydrogen-bond donors (Lipinski definition) is 2. The molecule has 1 amide bonds. The van der Waals surface area contributed by atoms with Gasteiger partial charge in [0.15, 0.2) is 0 Å². The summed E-state index contributed by atoms with van der Waals surface area (Å²) in [5.74, 6) is 0.262. The number of amides is 1. The quantitative estimate of drug-likeness (QED) is 0.604. The molecule has 4 nitrogen and oxygen atoms in total. The van der Waals surface area contributed by atoms with Crippen LogP contribution in [0.5, 0.6) is 0 Å². The van der Waals surface area contributed by atoms with E-state index in [4.69, 9.17) is 17.3 Å². The summed E-state index contributed by atoms with van der Waals surface area (Å²) in [7, 11) is 0. The first-order chi connectivity index (χ1) is 15.4. The molecule has 2 fully saturated rings. The summed E-state index contributed by atoms with van der Waals surface area (Å²) in [5.41, 5.74) is 10.6. The topological polar surface area (TPSA) is 67.5 Å². The number of fused-ring (bicyclic) bond motifs is 1. The van der Waals surface area contributed by atoms with Gasteiger partial charge in [-0.1, -0.05) is 36.4 Å². The fraction of sp³-hybridized carbons (Fsp3) is 0.308. The second kappa shape index (κ2) is 7.98. The Labute approximate surface area is 192 Å². The molecular weight excluding hydrogens is 425 g/mol. The molecule has 2 saturated carbocycles. The molecule has 2 aromatic rings. The highest BCUT2D eigenvalue weighted by Crippen LogP contribution is 2.48. The van der Waals surface area contributed by atoms with E-state index >= 15 is 0 Å². The van der Waals surface area contributed by atoms with Crippen LogP contribution in [0.1, 0.15) is 36.8 Å². The Kier molecular flexibility index (Phi) is 5.26. The van der Waals surface area contributed by atoms with E-state index in [1.165, 1.54) is 18.6 Å². The zero-order valence-corrected chi connectivity index (χ0v) is 18.5. The fourth-order valence-electron chi connectivity index (χ4n) is 4.31. The second-order valence-corrected chi connectivity index (χ2v) is 9.34. The van der Waals surface area contributed by atoms with Crippen LogP contribution in [0.4, 0.5) is 10.1 Å². The molecule has 0 radical (unpaired) electrons. The van der Waals surface area contributed by atoms with Crippen molar-refractivity contribution in [3.8, 4) is 11.1 Å². The predicted octanol–water partition coefficient (Wildman–Crippen LogP) is 5.51. The summed E-state index contributed by atoms with van der Waals surface area (Å²) in [6, 6.07) is 8.56. The first-order valence-corrected chi connectivity index (χ1v) is 11.4. The van der Waals surface area contributed by atoms with E-state index in [1.54, 1.807) is 24.3 Å². The van der Waals surface area contributed by atoms with Crippen LogP contribution in [0.25, 0.3) is 16.7 Å². The molecule has 2 aromatic carbocycles. The molecule has 0 bridgehead atoms. The maximum Gasteiger partial charge on any atom is 0.255 e. The van der Waals surface area contributed by atoms with Crippen LogP contribution in [0.2, 0.25) is 5.02 Å². The molecule has 6 heteroatoms. The molecule has 0 saturated heterocycles. The number of nitrogens with two attached hydrogens (primary N) is 1. The SMILES string of the molecule is C1=CC(C2CC2)=NC1.C=C1C(=O)Nc2cc(Cl)c(-c3ccc(C4(CN)CC4)cc3F)cc21. The minimum atomic E-state index is -0.336. The van der Waals surface area contributed by atoms with Crippen molar-refractivity contribution in [2.45, 2.75) is 31.1 Å². The van der Waals surface area contributed by atoms with Gasteiger partial charge < -0.3 is 11.1 Å². The Morgan fingerprint density at radius 2 is 1.97 bits per heavy atom. The number of carbonyl (C=O) groups excluding carboxylic acids is 1. The Balaban J connectivity index is 0.000000225. The molecule has 0 atom stereocenters. The van der Waals surface area contributed by atoms with Gasteiger partial charge >= 0.3 is 0 Å². The van der Waals surface area contributed by atoms with Gasteiger partial charge in [0.1, 0.15) is 5.82 Å². The zero-order valence-electron chi connectivity index (χ0n) is 17.8. The number of allylic oxidation sites excluding steroid dienone is 1. The minimum Gasteiger partial charge on any atom is -0.330 e. The van der Waals surface area contributed by atoms with Gasteiger partial charge in [0.25, 0.3) is 5.91 Å². The van der Waals surface area contributed by atoms with Crippen molar-refractivity contribution in [3.63, 3.8) is 0 Å². The molecule has 0 spiro atoms. The van der Waals surface area contributed by atoms with Gasteiger partial charge in [0.05, 0.1) is 17.3 Å². The van der Waals surface area contributed by atoms with Crippen molar-refractivity contribution in [2.24, 2.45) is 16.6 Å². The number of nitrogens with zero attached hydrogens (tertiary/aromatic N) is 1. The van der Waals surface area contributed by atoms with Gasteiger partial charge in [-0.15, -0.1) is 0 Å². The third-order valence-corrected chi connectivity index (χ3v) is 7.05. The fourth-order valence-corrected chi connectivity index (χ4v) is 4.57. The second-order valence-electron chi connectivity index (χ2n) is 8.93. The number of benzene rings is 2. The van der Waals surface area contributed by atoms with Crippen LogP contribution >= 0.6 is 11.6 Å². The number of anilines is 1. The maximum absolute atomic E-state index is 14.7. The highest BCUT2D eigenvalue weighted by atomic mass is 35.5. The van der Waals surface area contributed by atoms with Crippen molar-refractivity contribution in [1.29, 1.82) is 0 Å². The van der Waals surface area contributed by atoms with Crippen molar-refractivity contribution in [2.75, 3.05) is 18.4 Å². The van der Waals surface area contributed by atoms with E-state index in [1.807, 2.05) is 6.07 Å². The van der Waals surface area contributed by atoms with Gasteiger partial charge in [-0.05, 0) is 55.5 Å². The highest BCUT2D eigenvalue weighted by Gasteiger charge is 2.43. The number of hydrogen-bond acceptors (Lipinski definition) is 3. The summed E-state index contributed by atoms with van der Waals surface area (Å²) in [5, 5.41) is 3.08. The van der Waals surface area contributed by atoms with E-state index in [-0.39, 0.29) is 17.1 Å². The number of halogens is 2. The third-order valence-electron chi connectivity index (χ3n) is 6.73. The van der Waals surface area contributed by atoms with Crippen molar-refractivity contribution in [1.82, 2.24) is 0 Å². The van der Waals surface area contributed by atoms with Crippen LogP contribution in [-0.2, 0) is 10.2 Å². The normalized spacial score (nSPS) is 19.8. The molecule has 164 valence electrons. The van der Waals surface area contributed by atoms with Crippen LogP contribution in [0.3, 0.4) is 0 Å². The van der Waals surface area contributed by atoms with Crippen molar-refractivity contribution >= 4 is 34.5 Å². The number of carbonyl (C=O) groups is 1. The van der Waals surface area contributed by atoms with Gasteiger partial charge in [-0.3, -0.25) is 9.79 Å². The molecule has 32 heavy (non-hydrogen) atoms. The molecule has 3 N–H and O–H groups in total. The molecule has 2 aliphatic carbocycles. The molecule has 2 aliphatic heterocycles. The van der Waals surface area contributed by atoms with Crippen molar-refractivity contribution in [3.05, 3.63) is 71.0 Å². The lowest BCUT2D eigenvalue weighted by Gasteiger charge is -2.15.